The molecule has 1 unspecified atom stereocenters. The SMILES string of the molecule is Cc1c(C(=O)NC(C)C(=O)O)sc2nc(CN(C)C)[nH]c(=O)c12. The zero-order valence-electron chi connectivity index (χ0n) is 13.3. The quantitative estimate of drug-likeness (QED) is 0.733. The van der Waals surface area contributed by atoms with Crippen LogP contribution >= 0.6 is 11.3 Å². The maximum absolute atomic E-state index is 12.2. The van der Waals surface area contributed by atoms with Crippen molar-refractivity contribution in [1.82, 2.24) is 20.2 Å². The Morgan fingerprint density at radius 1 is 1.43 bits per heavy atom. The molecule has 1 amide bonds. The highest BCUT2D eigenvalue weighted by atomic mass is 32.1. The third-order valence-corrected chi connectivity index (χ3v) is 4.42. The van der Waals surface area contributed by atoms with Gasteiger partial charge in [-0.1, -0.05) is 0 Å². The van der Waals surface area contributed by atoms with Crippen molar-refractivity contribution in [2.75, 3.05) is 14.1 Å². The summed E-state index contributed by atoms with van der Waals surface area (Å²) in [5.41, 5.74) is 0.205. The molecule has 0 aliphatic rings. The number of aryl methyl sites for hydroxylation is 1. The number of fused-ring (bicyclic) bond motifs is 1. The Hall–Kier alpha value is -2.26. The molecule has 2 aromatic heterocycles. The number of aromatic amines is 1. The van der Waals surface area contributed by atoms with E-state index in [1.807, 2.05) is 19.0 Å². The highest BCUT2D eigenvalue weighted by Crippen LogP contribution is 2.27. The van der Waals surface area contributed by atoms with Gasteiger partial charge in [0.1, 0.15) is 16.7 Å². The highest BCUT2D eigenvalue weighted by molar-refractivity contribution is 7.20. The molecule has 0 saturated carbocycles. The lowest BCUT2D eigenvalue weighted by molar-refractivity contribution is -0.138. The molecule has 23 heavy (non-hydrogen) atoms. The summed E-state index contributed by atoms with van der Waals surface area (Å²) in [7, 11) is 3.71. The van der Waals surface area contributed by atoms with E-state index in [0.29, 0.717) is 33.0 Å². The standard InChI is InChI=1S/C14H18N4O4S/c1-6-9-11(19)16-8(5-18(3)4)17-13(9)23-10(6)12(20)15-7(2)14(21)22/h7H,5H2,1-4H3,(H,15,20)(H,21,22)(H,16,17,19). The van der Waals surface area contributed by atoms with Gasteiger partial charge in [0.15, 0.2) is 0 Å². The predicted molar refractivity (Wildman–Crippen MR) is 86.9 cm³/mol. The molecule has 0 spiro atoms. The Kier molecular flexibility index (Phi) is 4.81. The number of aliphatic carboxylic acids is 1. The third-order valence-electron chi connectivity index (χ3n) is 3.24. The first-order valence-electron chi connectivity index (χ1n) is 6.91. The Morgan fingerprint density at radius 3 is 2.65 bits per heavy atom. The number of hydrogen-bond acceptors (Lipinski definition) is 6. The van der Waals surface area contributed by atoms with Crippen molar-refractivity contribution in [3.05, 3.63) is 26.6 Å². The minimum absolute atomic E-state index is 0.299. The molecule has 2 rings (SSSR count). The summed E-state index contributed by atoms with van der Waals surface area (Å²) in [5.74, 6) is -1.13. The number of amides is 1. The molecule has 0 fully saturated rings. The number of H-pyrrole nitrogens is 1. The van der Waals surface area contributed by atoms with E-state index in [2.05, 4.69) is 15.3 Å². The van der Waals surface area contributed by atoms with Crippen LogP contribution < -0.4 is 10.9 Å². The van der Waals surface area contributed by atoms with E-state index < -0.39 is 17.9 Å². The minimum Gasteiger partial charge on any atom is -0.480 e. The van der Waals surface area contributed by atoms with Crippen LogP contribution in [0.5, 0.6) is 0 Å². The van der Waals surface area contributed by atoms with Crippen molar-refractivity contribution in [1.29, 1.82) is 0 Å². The average Bonchev–Trinajstić information content (AvgIpc) is 2.75. The van der Waals surface area contributed by atoms with Gasteiger partial charge in [-0.3, -0.25) is 14.4 Å². The van der Waals surface area contributed by atoms with Gasteiger partial charge in [0.25, 0.3) is 11.5 Å². The first-order chi connectivity index (χ1) is 10.7. The van der Waals surface area contributed by atoms with E-state index in [1.165, 1.54) is 6.92 Å². The second-order valence-electron chi connectivity index (χ2n) is 5.52. The molecular formula is C14H18N4O4S. The second kappa shape index (κ2) is 6.47. The fourth-order valence-corrected chi connectivity index (χ4v) is 3.21. The van der Waals surface area contributed by atoms with Gasteiger partial charge in [-0.2, -0.15) is 0 Å². The molecule has 1 atom stereocenters. The molecular weight excluding hydrogens is 320 g/mol. The van der Waals surface area contributed by atoms with Gasteiger partial charge in [0.2, 0.25) is 0 Å². The predicted octanol–water partition coefficient (Wildman–Crippen LogP) is 0.558. The Bertz CT molecular complexity index is 824. The van der Waals surface area contributed by atoms with Crippen LogP contribution in [0.2, 0.25) is 0 Å². The molecule has 0 bridgehead atoms. The second-order valence-corrected chi connectivity index (χ2v) is 6.52. The number of carboxylic acid groups (broad SMARTS) is 1. The van der Waals surface area contributed by atoms with E-state index in [9.17, 15) is 14.4 Å². The van der Waals surface area contributed by atoms with E-state index in [-0.39, 0.29) is 5.56 Å². The fourth-order valence-electron chi connectivity index (χ4n) is 2.10. The maximum Gasteiger partial charge on any atom is 0.325 e. The number of carboxylic acids is 1. The Labute approximate surface area is 136 Å². The zero-order chi connectivity index (χ0) is 17.3. The molecule has 3 N–H and O–H groups in total. The van der Waals surface area contributed by atoms with Gasteiger partial charge in [-0.15, -0.1) is 11.3 Å². The summed E-state index contributed by atoms with van der Waals surface area (Å²) < 4.78 is 0. The van der Waals surface area contributed by atoms with Crippen LogP contribution in [-0.2, 0) is 11.3 Å². The number of hydrogen-bond donors (Lipinski definition) is 3. The van der Waals surface area contributed by atoms with Gasteiger partial charge in [0.05, 0.1) is 16.8 Å². The first kappa shape index (κ1) is 17.1. The summed E-state index contributed by atoms with van der Waals surface area (Å²) in [4.78, 5) is 45.0. The number of rotatable bonds is 5. The smallest absolute Gasteiger partial charge is 0.325 e. The number of carbonyl (C=O) groups is 2. The van der Waals surface area contributed by atoms with Crippen LogP contribution in [0, 0.1) is 6.92 Å². The van der Waals surface area contributed by atoms with Gasteiger partial charge in [-0.25, -0.2) is 4.98 Å². The molecule has 0 radical (unpaired) electrons. The van der Waals surface area contributed by atoms with E-state index in [0.717, 1.165) is 11.3 Å². The van der Waals surface area contributed by atoms with Crippen LogP contribution in [-0.4, -0.2) is 52.0 Å². The summed E-state index contributed by atoms with van der Waals surface area (Å²) in [6.07, 6.45) is 0. The number of thiophene rings is 1. The monoisotopic (exact) mass is 338 g/mol. The number of nitrogens with one attached hydrogen (secondary N) is 2. The van der Waals surface area contributed by atoms with Gasteiger partial charge < -0.3 is 20.3 Å². The molecule has 2 heterocycles. The van der Waals surface area contributed by atoms with E-state index in [4.69, 9.17) is 5.11 Å². The van der Waals surface area contributed by atoms with Crippen molar-refractivity contribution < 1.29 is 14.7 Å². The van der Waals surface area contributed by atoms with Crippen molar-refractivity contribution in [2.24, 2.45) is 0 Å². The number of nitrogens with zero attached hydrogens (tertiary/aromatic N) is 2. The molecule has 8 nitrogen and oxygen atoms in total. The highest BCUT2D eigenvalue weighted by Gasteiger charge is 2.22. The average molecular weight is 338 g/mol. The molecule has 0 saturated heterocycles. The van der Waals surface area contributed by atoms with Gasteiger partial charge in [-0.05, 0) is 33.5 Å². The lowest BCUT2D eigenvalue weighted by Crippen LogP contribution is -2.38. The van der Waals surface area contributed by atoms with Crippen LogP contribution in [0.25, 0.3) is 10.2 Å². The molecule has 0 aliphatic carbocycles. The maximum atomic E-state index is 12.2. The van der Waals surface area contributed by atoms with Crippen LogP contribution in [0.1, 0.15) is 28.0 Å². The lowest BCUT2D eigenvalue weighted by atomic mass is 10.2. The van der Waals surface area contributed by atoms with Crippen molar-refractivity contribution >= 4 is 33.4 Å². The largest absolute Gasteiger partial charge is 0.480 e. The minimum atomic E-state index is -1.12. The lowest BCUT2D eigenvalue weighted by Gasteiger charge is -2.08. The van der Waals surface area contributed by atoms with E-state index in [1.54, 1.807) is 6.92 Å². The molecule has 9 heteroatoms. The molecule has 2 aromatic rings. The first-order valence-corrected chi connectivity index (χ1v) is 7.73. The molecule has 124 valence electrons. The van der Waals surface area contributed by atoms with Crippen LogP contribution in [0.15, 0.2) is 4.79 Å². The Balaban J connectivity index is 2.45. The number of aromatic nitrogens is 2. The topological polar surface area (TPSA) is 115 Å². The number of carbonyl (C=O) groups excluding carboxylic acids is 1. The molecule has 0 aromatic carbocycles. The van der Waals surface area contributed by atoms with Crippen LogP contribution in [0.4, 0.5) is 0 Å². The van der Waals surface area contributed by atoms with E-state index >= 15 is 0 Å². The summed E-state index contributed by atoms with van der Waals surface area (Å²) in [6, 6.07) is -1.01. The summed E-state index contributed by atoms with van der Waals surface area (Å²) >= 11 is 1.09. The summed E-state index contributed by atoms with van der Waals surface area (Å²) in [5, 5.41) is 11.6. The third kappa shape index (κ3) is 3.57. The zero-order valence-corrected chi connectivity index (χ0v) is 14.1. The molecule has 0 aliphatic heterocycles. The van der Waals surface area contributed by atoms with Crippen LogP contribution in [0.3, 0.4) is 0 Å². The van der Waals surface area contributed by atoms with Crippen molar-refractivity contribution in [2.45, 2.75) is 26.4 Å². The fraction of sp³-hybridized carbons (Fsp3) is 0.429. The Morgan fingerprint density at radius 2 is 2.09 bits per heavy atom. The van der Waals surface area contributed by atoms with Crippen molar-refractivity contribution in [3.63, 3.8) is 0 Å². The van der Waals surface area contributed by atoms with Gasteiger partial charge >= 0.3 is 5.97 Å². The van der Waals surface area contributed by atoms with Crippen molar-refractivity contribution in [3.8, 4) is 0 Å². The summed E-state index contributed by atoms with van der Waals surface area (Å²) in [6.45, 7) is 3.50. The van der Waals surface area contributed by atoms with Gasteiger partial charge in [0, 0.05) is 0 Å². The normalized spacial score (nSPS) is 12.6.